The van der Waals surface area contributed by atoms with Crippen LogP contribution in [0, 0.1) is 11.7 Å². The van der Waals surface area contributed by atoms with E-state index in [0.717, 1.165) is 31.4 Å². The Hall–Kier alpha value is -2.12. The standard InChI is InChI=1S/C29H45F4NO3/c1-4-5-6-7-8-9-10-11-12-13-14-15-16-17-21-37-28(36)26(22(2)3)34-27(35)23-19-18-20-24(25(23)30)29(31,32)33/h18-20,22,26H,4-17,21H2,1-3H3,(H,34,35). The van der Waals surface area contributed by atoms with Crippen LogP contribution in [0.25, 0.3) is 0 Å². The van der Waals surface area contributed by atoms with Crippen LogP contribution in [0.15, 0.2) is 18.2 Å². The van der Waals surface area contributed by atoms with Gasteiger partial charge in [-0.15, -0.1) is 0 Å². The number of nitrogens with one attached hydrogen (secondary N) is 1. The second kappa shape index (κ2) is 18.2. The molecule has 0 aliphatic rings. The highest BCUT2D eigenvalue weighted by atomic mass is 19.4. The van der Waals surface area contributed by atoms with Gasteiger partial charge in [-0.1, -0.05) is 110 Å². The summed E-state index contributed by atoms with van der Waals surface area (Å²) in [5, 5.41) is 2.33. The van der Waals surface area contributed by atoms with Crippen molar-refractivity contribution in [1.82, 2.24) is 5.32 Å². The molecule has 1 N–H and O–H groups in total. The summed E-state index contributed by atoms with van der Waals surface area (Å²) < 4.78 is 58.4. The molecule has 37 heavy (non-hydrogen) atoms. The van der Waals surface area contributed by atoms with Crippen molar-refractivity contribution >= 4 is 11.9 Å². The van der Waals surface area contributed by atoms with Crippen molar-refractivity contribution in [3.8, 4) is 0 Å². The molecule has 1 atom stereocenters. The van der Waals surface area contributed by atoms with E-state index in [4.69, 9.17) is 4.74 Å². The molecule has 0 radical (unpaired) electrons. The summed E-state index contributed by atoms with van der Waals surface area (Å²) in [7, 11) is 0. The van der Waals surface area contributed by atoms with Crippen LogP contribution in [0.3, 0.4) is 0 Å². The lowest BCUT2D eigenvalue weighted by Gasteiger charge is -2.21. The van der Waals surface area contributed by atoms with Crippen molar-refractivity contribution in [2.24, 2.45) is 5.92 Å². The maximum absolute atomic E-state index is 14.3. The van der Waals surface area contributed by atoms with Crippen molar-refractivity contribution in [2.45, 2.75) is 123 Å². The number of amides is 1. The largest absolute Gasteiger partial charge is 0.464 e. The predicted molar refractivity (Wildman–Crippen MR) is 139 cm³/mol. The number of hydrogen-bond donors (Lipinski definition) is 1. The van der Waals surface area contributed by atoms with Gasteiger partial charge in [0.25, 0.3) is 5.91 Å². The fourth-order valence-corrected chi connectivity index (χ4v) is 4.20. The van der Waals surface area contributed by atoms with E-state index in [1.54, 1.807) is 13.8 Å². The first-order valence-electron chi connectivity index (χ1n) is 13.9. The predicted octanol–water partition coefficient (Wildman–Crippen LogP) is 8.62. The second-order valence-corrected chi connectivity index (χ2v) is 10.1. The highest BCUT2D eigenvalue weighted by molar-refractivity contribution is 5.97. The number of carbonyl (C=O) groups is 2. The molecule has 0 spiro atoms. The van der Waals surface area contributed by atoms with Gasteiger partial charge >= 0.3 is 12.1 Å². The van der Waals surface area contributed by atoms with E-state index < -0.39 is 41.0 Å². The normalized spacial score (nSPS) is 12.5. The first-order valence-corrected chi connectivity index (χ1v) is 13.9. The molecule has 0 fully saturated rings. The lowest BCUT2D eigenvalue weighted by Crippen LogP contribution is -2.45. The Morgan fingerprint density at radius 2 is 1.32 bits per heavy atom. The van der Waals surface area contributed by atoms with Crippen molar-refractivity contribution < 1.29 is 31.9 Å². The first kappa shape index (κ1) is 32.9. The molecule has 212 valence electrons. The number of ether oxygens (including phenoxy) is 1. The van der Waals surface area contributed by atoms with Crippen LogP contribution in [-0.2, 0) is 15.7 Å². The third-order valence-corrected chi connectivity index (χ3v) is 6.50. The minimum absolute atomic E-state index is 0.202. The monoisotopic (exact) mass is 531 g/mol. The smallest absolute Gasteiger partial charge is 0.419 e. The summed E-state index contributed by atoms with van der Waals surface area (Å²) >= 11 is 0. The maximum atomic E-state index is 14.3. The van der Waals surface area contributed by atoms with Crippen LogP contribution in [0.5, 0.6) is 0 Å². The van der Waals surface area contributed by atoms with Gasteiger partial charge in [-0.05, 0) is 24.5 Å². The quantitative estimate of drug-likeness (QED) is 0.110. The SMILES string of the molecule is CCCCCCCCCCCCCCCCOC(=O)C(NC(=O)c1cccc(C(F)(F)F)c1F)C(C)C. The van der Waals surface area contributed by atoms with E-state index in [2.05, 4.69) is 12.2 Å². The Balaban J connectivity index is 2.27. The van der Waals surface area contributed by atoms with Crippen molar-refractivity contribution in [1.29, 1.82) is 0 Å². The molecule has 1 amide bonds. The zero-order valence-electron chi connectivity index (χ0n) is 22.7. The Labute approximate surface area is 219 Å². The first-order chi connectivity index (χ1) is 17.6. The Kier molecular flexibility index (Phi) is 16.2. The molecular weight excluding hydrogens is 486 g/mol. The van der Waals surface area contributed by atoms with Gasteiger partial charge in [0, 0.05) is 0 Å². The van der Waals surface area contributed by atoms with Crippen molar-refractivity contribution in [2.75, 3.05) is 6.61 Å². The van der Waals surface area contributed by atoms with Gasteiger partial charge in [0.05, 0.1) is 17.7 Å². The van der Waals surface area contributed by atoms with Gasteiger partial charge in [0.1, 0.15) is 11.9 Å². The molecule has 1 unspecified atom stereocenters. The number of halogens is 4. The van der Waals surface area contributed by atoms with Crippen LogP contribution >= 0.6 is 0 Å². The number of alkyl halides is 3. The summed E-state index contributed by atoms with van der Waals surface area (Å²) in [5.74, 6) is -3.81. The van der Waals surface area contributed by atoms with Crippen LogP contribution in [-0.4, -0.2) is 24.5 Å². The molecule has 0 aromatic heterocycles. The lowest BCUT2D eigenvalue weighted by molar-refractivity contribution is -0.147. The average molecular weight is 532 g/mol. The van der Waals surface area contributed by atoms with E-state index in [1.807, 2.05) is 0 Å². The number of benzene rings is 1. The number of rotatable bonds is 19. The molecule has 0 heterocycles. The fraction of sp³-hybridized carbons (Fsp3) is 0.724. The molecule has 8 heteroatoms. The van der Waals surface area contributed by atoms with Crippen LogP contribution in [0.2, 0.25) is 0 Å². The topological polar surface area (TPSA) is 55.4 Å². The van der Waals surface area contributed by atoms with E-state index in [1.165, 1.54) is 64.2 Å². The zero-order chi connectivity index (χ0) is 27.7. The minimum atomic E-state index is -4.93. The molecule has 0 aliphatic heterocycles. The third kappa shape index (κ3) is 13.3. The lowest BCUT2D eigenvalue weighted by atomic mass is 10.0. The average Bonchev–Trinajstić information content (AvgIpc) is 2.83. The molecule has 1 aromatic carbocycles. The second-order valence-electron chi connectivity index (χ2n) is 10.1. The minimum Gasteiger partial charge on any atom is -0.464 e. The molecule has 0 saturated heterocycles. The number of unbranched alkanes of at least 4 members (excludes halogenated alkanes) is 13. The van der Waals surface area contributed by atoms with E-state index in [9.17, 15) is 27.2 Å². The summed E-state index contributed by atoms with van der Waals surface area (Å²) in [4.78, 5) is 24.9. The Bertz CT molecular complexity index is 796. The van der Waals surface area contributed by atoms with Gasteiger partial charge in [0.15, 0.2) is 0 Å². The van der Waals surface area contributed by atoms with Gasteiger partial charge in [-0.3, -0.25) is 4.79 Å². The molecule has 0 aliphatic carbocycles. The van der Waals surface area contributed by atoms with Gasteiger partial charge in [0.2, 0.25) is 0 Å². The van der Waals surface area contributed by atoms with E-state index in [0.29, 0.717) is 12.5 Å². The van der Waals surface area contributed by atoms with Gasteiger partial charge < -0.3 is 10.1 Å². The summed E-state index contributed by atoms with van der Waals surface area (Å²) in [6, 6.07) is 1.39. The maximum Gasteiger partial charge on any atom is 0.419 e. The number of hydrogen-bond acceptors (Lipinski definition) is 3. The highest BCUT2D eigenvalue weighted by Crippen LogP contribution is 2.32. The van der Waals surface area contributed by atoms with Crippen LogP contribution in [0.4, 0.5) is 17.6 Å². The number of carbonyl (C=O) groups excluding carboxylic acids is 2. The zero-order valence-corrected chi connectivity index (χ0v) is 22.7. The third-order valence-electron chi connectivity index (χ3n) is 6.50. The molecule has 0 bridgehead atoms. The Morgan fingerprint density at radius 1 is 0.838 bits per heavy atom. The molecule has 1 rings (SSSR count). The highest BCUT2D eigenvalue weighted by Gasteiger charge is 2.36. The van der Waals surface area contributed by atoms with E-state index in [-0.39, 0.29) is 12.5 Å². The summed E-state index contributed by atoms with van der Waals surface area (Å²) in [5.41, 5.74) is -2.29. The van der Waals surface area contributed by atoms with Gasteiger partial charge in [-0.2, -0.15) is 13.2 Å². The summed E-state index contributed by atoms with van der Waals surface area (Å²) in [6.07, 6.45) is 12.0. The molecule has 4 nitrogen and oxygen atoms in total. The van der Waals surface area contributed by atoms with E-state index >= 15 is 0 Å². The molecule has 0 saturated carbocycles. The van der Waals surface area contributed by atoms with Crippen molar-refractivity contribution in [3.05, 3.63) is 35.1 Å². The summed E-state index contributed by atoms with van der Waals surface area (Å²) in [6.45, 7) is 5.77. The van der Waals surface area contributed by atoms with Crippen LogP contribution in [0.1, 0.15) is 127 Å². The number of esters is 1. The molecule has 1 aromatic rings. The molecular formula is C29H45F4NO3. The fourth-order valence-electron chi connectivity index (χ4n) is 4.20. The van der Waals surface area contributed by atoms with Crippen LogP contribution < -0.4 is 5.32 Å². The van der Waals surface area contributed by atoms with Crippen molar-refractivity contribution in [3.63, 3.8) is 0 Å². The Morgan fingerprint density at radius 3 is 1.78 bits per heavy atom. The van der Waals surface area contributed by atoms with Gasteiger partial charge in [-0.25, -0.2) is 9.18 Å².